The predicted octanol–water partition coefficient (Wildman–Crippen LogP) is 2.83. The van der Waals surface area contributed by atoms with Gasteiger partial charge >= 0.3 is 0 Å². The van der Waals surface area contributed by atoms with Crippen LogP contribution in [0.1, 0.15) is 38.8 Å². The van der Waals surface area contributed by atoms with Gasteiger partial charge < -0.3 is 19.7 Å². The first-order chi connectivity index (χ1) is 20.0. The third-order valence-corrected chi connectivity index (χ3v) is 7.04. The fraction of sp³-hybridized carbons (Fsp3) is 0.406. The molecule has 0 spiro atoms. The van der Waals surface area contributed by atoms with E-state index in [9.17, 15) is 19.2 Å². The molecule has 2 atom stereocenters. The lowest BCUT2D eigenvalue weighted by atomic mass is 9.97. The molecule has 10 heteroatoms. The van der Waals surface area contributed by atoms with Gasteiger partial charge in [0.15, 0.2) is 0 Å². The Balaban J connectivity index is 1.65. The number of Topliss-reactive ketones (excluding diaryl/α,β-unsaturated/α-hetero) is 1. The van der Waals surface area contributed by atoms with Crippen molar-refractivity contribution in [3.63, 3.8) is 0 Å². The summed E-state index contributed by atoms with van der Waals surface area (Å²) in [5, 5.41) is 2.84. The summed E-state index contributed by atoms with van der Waals surface area (Å²) in [7, 11) is 1.42. The molecule has 1 N–H and O–H groups in total. The van der Waals surface area contributed by atoms with Crippen LogP contribution in [0.15, 0.2) is 71.9 Å². The Morgan fingerprint density at radius 2 is 1.71 bits per heavy atom. The number of hydrogen-bond donors (Lipinski definition) is 1. The Bertz CT molecular complexity index is 1370. The summed E-state index contributed by atoms with van der Waals surface area (Å²) in [5.74, 6) is -1.99. The van der Waals surface area contributed by atoms with Gasteiger partial charge in [-0.15, -0.1) is 0 Å². The Labute approximate surface area is 246 Å². The second kappa shape index (κ2) is 13.1. The number of benzene rings is 2. The van der Waals surface area contributed by atoms with Crippen LogP contribution in [0.5, 0.6) is 0 Å². The van der Waals surface area contributed by atoms with E-state index in [0.29, 0.717) is 11.3 Å². The van der Waals surface area contributed by atoms with Gasteiger partial charge in [0.25, 0.3) is 17.7 Å². The van der Waals surface area contributed by atoms with E-state index in [0.717, 1.165) is 5.56 Å². The molecule has 0 saturated carbocycles. The molecule has 4 rings (SSSR count). The molecular formula is C32H38N4O6. The smallest absolute Gasteiger partial charge is 0.256 e. The first-order valence-electron chi connectivity index (χ1n) is 14.0. The fourth-order valence-corrected chi connectivity index (χ4v) is 5.02. The van der Waals surface area contributed by atoms with Crippen LogP contribution in [-0.2, 0) is 35.1 Å². The van der Waals surface area contributed by atoms with Crippen LogP contribution in [0.4, 0.5) is 0 Å². The summed E-state index contributed by atoms with van der Waals surface area (Å²) in [5.41, 5.74) is 1.36. The van der Waals surface area contributed by atoms with Crippen LogP contribution in [0.3, 0.4) is 0 Å². The number of carbonyl (C=O) groups is 4. The van der Waals surface area contributed by atoms with Crippen molar-refractivity contribution in [3.05, 3.63) is 78.0 Å². The second-order valence-electron chi connectivity index (χ2n) is 11.4. The first kappa shape index (κ1) is 30.6. The second-order valence-corrected chi connectivity index (χ2v) is 11.4. The van der Waals surface area contributed by atoms with Gasteiger partial charge in [-0.2, -0.15) is 0 Å². The minimum absolute atomic E-state index is 0.0210. The summed E-state index contributed by atoms with van der Waals surface area (Å²) in [6.07, 6.45) is 1.82. The number of nitrogens with zero attached hydrogens (tertiary/aromatic N) is 3. The van der Waals surface area contributed by atoms with Crippen molar-refractivity contribution in [1.29, 1.82) is 0 Å². The van der Waals surface area contributed by atoms with Crippen LogP contribution >= 0.6 is 0 Å². The molecule has 42 heavy (non-hydrogen) atoms. The van der Waals surface area contributed by atoms with Crippen molar-refractivity contribution >= 4 is 35.1 Å². The molecule has 3 amide bonds. The summed E-state index contributed by atoms with van der Waals surface area (Å²) in [4.78, 5) is 61.2. The lowest BCUT2D eigenvalue weighted by molar-refractivity contribution is -0.147. The zero-order valence-corrected chi connectivity index (χ0v) is 24.7. The van der Waals surface area contributed by atoms with Gasteiger partial charge in [0.05, 0.1) is 11.2 Å². The molecule has 1 unspecified atom stereocenters. The molecule has 2 aromatic carbocycles. The number of amides is 3. The molecule has 0 radical (unpaired) electrons. The quantitative estimate of drug-likeness (QED) is 0.441. The van der Waals surface area contributed by atoms with E-state index in [1.54, 1.807) is 18.3 Å². The van der Waals surface area contributed by atoms with E-state index in [1.807, 2.05) is 76.2 Å². The van der Waals surface area contributed by atoms with Gasteiger partial charge in [-0.1, -0.05) is 74.5 Å². The summed E-state index contributed by atoms with van der Waals surface area (Å²) in [6, 6.07) is 16.6. The Morgan fingerprint density at radius 3 is 2.29 bits per heavy atom. The molecule has 2 heterocycles. The largest absolute Gasteiger partial charge is 0.473 e. The van der Waals surface area contributed by atoms with Gasteiger partial charge in [-0.05, 0) is 30.9 Å². The molecule has 2 aromatic rings. The maximum atomic E-state index is 14.0. The maximum Gasteiger partial charge on any atom is 0.256 e. The summed E-state index contributed by atoms with van der Waals surface area (Å²) < 4.78 is 10.7. The van der Waals surface area contributed by atoms with Crippen LogP contribution in [0.2, 0.25) is 0 Å². The molecule has 0 aliphatic carbocycles. The molecule has 0 fully saturated rings. The average Bonchev–Trinajstić information content (AvgIpc) is 3.33. The molecule has 2 aliphatic heterocycles. The van der Waals surface area contributed by atoms with E-state index >= 15 is 0 Å². The standard InChI is InChI=1S/C32H38N4O6/c1-21(2)28-31(40)35(25(23-14-10-7-11-15-23)17-36(28)27(38)19-41-5)18-26(37)33-24(16-22-12-8-6-9-13-22)29(39)30-34-32(3,4)20-42-30/h6-15,17,21,24,28H,16,18-20H2,1-5H3,(H,33,37)/t24-,28?/m0/s1. The zero-order valence-electron chi connectivity index (χ0n) is 24.7. The van der Waals surface area contributed by atoms with Gasteiger partial charge in [-0.3, -0.25) is 24.1 Å². The highest BCUT2D eigenvalue weighted by Gasteiger charge is 2.41. The number of hydrogen-bond acceptors (Lipinski definition) is 7. The van der Waals surface area contributed by atoms with Crippen molar-refractivity contribution in [2.45, 2.75) is 51.7 Å². The Kier molecular flexibility index (Phi) is 9.57. The molecule has 10 nitrogen and oxygen atoms in total. The van der Waals surface area contributed by atoms with E-state index < -0.39 is 35.2 Å². The lowest BCUT2D eigenvalue weighted by Crippen LogP contribution is -2.57. The molecular weight excluding hydrogens is 536 g/mol. The third-order valence-electron chi connectivity index (χ3n) is 7.04. The molecule has 0 aromatic heterocycles. The Hall–Kier alpha value is -4.31. The normalized spacial score (nSPS) is 18.7. The molecule has 0 saturated heterocycles. The highest BCUT2D eigenvalue weighted by Crippen LogP contribution is 2.30. The van der Waals surface area contributed by atoms with Gasteiger partial charge in [0.1, 0.15) is 31.8 Å². The number of ketones is 1. The van der Waals surface area contributed by atoms with Crippen molar-refractivity contribution in [2.75, 3.05) is 26.9 Å². The average molecular weight is 575 g/mol. The number of carbonyl (C=O) groups excluding carboxylic acids is 4. The predicted molar refractivity (Wildman–Crippen MR) is 158 cm³/mol. The number of methoxy groups -OCH3 is 1. The monoisotopic (exact) mass is 574 g/mol. The number of aliphatic imine (C=N–C) groups is 1. The fourth-order valence-electron chi connectivity index (χ4n) is 5.02. The van der Waals surface area contributed by atoms with Crippen LogP contribution < -0.4 is 5.32 Å². The highest BCUT2D eigenvalue weighted by molar-refractivity contribution is 6.39. The van der Waals surface area contributed by atoms with Crippen LogP contribution in [0.25, 0.3) is 5.70 Å². The third kappa shape index (κ3) is 7.12. The van der Waals surface area contributed by atoms with E-state index in [-0.39, 0.29) is 43.9 Å². The van der Waals surface area contributed by atoms with E-state index in [1.165, 1.54) is 16.9 Å². The summed E-state index contributed by atoms with van der Waals surface area (Å²) >= 11 is 0. The van der Waals surface area contributed by atoms with Crippen molar-refractivity contribution in [3.8, 4) is 0 Å². The number of nitrogens with one attached hydrogen (secondary N) is 1. The minimum atomic E-state index is -0.961. The van der Waals surface area contributed by atoms with Crippen molar-refractivity contribution < 1.29 is 28.7 Å². The molecule has 222 valence electrons. The van der Waals surface area contributed by atoms with Gasteiger partial charge in [0.2, 0.25) is 11.7 Å². The zero-order chi connectivity index (χ0) is 30.4. The molecule has 0 bridgehead atoms. The van der Waals surface area contributed by atoms with Crippen molar-refractivity contribution in [2.24, 2.45) is 10.9 Å². The van der Waals surface area contributed by atoms with Crippen molar-refractivity contribution in [1.82, 2.24) is 15.1 Å². The highest BCUT2D eigenvalue weighted by atomic mass is 16.5. The van der Waals surface area contributed by atoms with Crippen LogP contribution in [0, 0.1) is 5.92 Å². The molecule has 2 aliphatic rings. The SMILES string of the molecule is COCC(=O)N1C=C(c2ccccc2)N(CC(=O)N[C@@H](Cc2ccccc2)C(=O)C2=NC(C)(C)CO2)C(=O)C1C(C)C. The van der Waals surface area contributed by atoms with E-state index in [4.69, 9.17) is 9.47 Å². The van der Waals surface area contributed by atoms with Crippen LogP contribution in [-0.4, -0.2) is 83.7 Å². The Morgan fingerprint density at radius 1 is 1.07 bits per heavy atom. The topological polar surface area (TPSA) is 118 Å². The summed E-state index contributed by atoms with van der Waals surface area (Å²) in [6.45, 7) is 7.13. The number of ether oxygens (including phenoxy) is 2. The first-order valence-corrected chi connectivity index (χ1v) is 14.0. The maximum absolute atomic E-state index is 14.0. The van der Waals surface area contributed by atoms with Gasteiger partial charge in [-0.25, -0.2) is 4.99 Å². The number of rotatable bonds is 11. The lowest BCUT2D eigenvalue weighted by Gasteiger charge is -2.41. The van der Waals surface area contributed by atoms with Gasteiger partial charge in [0, 0.05) is 19.7 Å². The minimum Gasteiger partial charge on any atom is -0.473 e. The van der Waals surface area contributed by atoms with E-state index in [2.05, 4.69) is 10.3 Å².